The lowest BCUT2D eigenvalue weighted by Gasteiger charge is -2.21. The highest BCUT2D eigenvalue weighted by atomic mass is 32.1. The van der Waals surface area contributed by atoms with E-state index >= 15 is 0 Å². The molecule has 1 aliphatic rings. The minimum atomic E-state index is -0.0589. The Morgan fingerprint density at radius 3 is 2.78 bits per heavy atom. The third-order valence-electron chi connectivity index (χ3n) is 3.32. The predicted octanol–water partition coefficient (Wildman–Crippen LogP) is 0.380. The Kier molecular flexibility index (Phi) is 5.53. The van der Waals surface area contributed by atoms with Crippen molar-refractivity contribution in [3.63, 3.8) is 0 Å². The highest BCUT2D eigenvalue weighted by molar-refractivity contribution is 7.80. The van der Waals surface area contributed by atoms with Crippen molar-refractivity contribution >= 4 is 29.0 Å². The van der Waals surface area contributed by atoms with Crippen molar-refractivity contribution in [3.05, 3.63) is 0 Å². The van der Waals surface area contributed by atoms with E-state index in [4.69, 9.17) is 18.0 Å². The number of likely N-dealkylation sites (tertiary alicyclic amines) is 1. The van der Waals surface area contributed by atoms with Gasteiger partial charge in [-0.3, -0.25) is 9.59 Å². The Labute approximate surface area is 113 Å². The fourth-order valence-corrected chi connectivity index (χ4v) is 2.06. The molecule has 102 valence electrons. The van der Waals surface area contributed by atoms with Gasteiger partial charge in [-0.1, -0.05) is 25.6 Å². The van der Waals surface area contributed by atoms with Crippen LogP contribution < -0.4 is 5.73 Å². The molecule has 1 unspecified atom stereocenters. The number of carbonyl (C=O) groups is 2. The Balaban J connectivity index is 2.40. The van der Waals surface area contributed by atoms with Gasteiger partial charge in [-0.15, -0.1) is 0 Å². The van der Waals surface area contributed by atoms with Crippen molar-refractivity contribution < 1.29 is 9.59 Å². The van der Waals surface area contributed by atoms with Gasteiger partial charge in [0.15, 0.2) is 0 Å². The first-order chi connectivity index (χ1) is 8.43. The van der Waals surface area contributed by atoms with E-state index in [0.717, 1.165) is 6.42 Å². The second-order valence-corrected chi connectivity index (χ2v) is 5.31. The van der Waals surface area contributed by atoms with E-state index in [9.17, 15) is 9.59 Å². The van der Waals surface area contributed by atoms with Crippen LogP contribution in [0.5, 0.6) is 0 Å². The molecule has 0 aliphatic carbocycles. The lowest BCUT2D eigenvalue weighted by molar-refractivity contribution is -0.137. The fourth-order valence-electron chi connectivity index (χ4n) is 1.97. The zero-order valence-corrected chi connectivity index (χ0v) is 11.8. The van der Waals surface area contributed by atoms with Crippen molar-refractivity contribution in [2.45, 2.75) is 26.2 Å². The van der Waals surface area contributed by atoms with Crippen LogP contribution in [-0.2, 0) is 9.59 Å². The molecule has 1 heterocycles. The third kappa shape index (κ3) is 4.25. The Morgan fingerprint density at radius 1 is 1.61 bits per heavy atom. The molecule has 1 rings (SSSR count). The molecule has 0 aromatic heterocycles. The quantitative estimate of drug-likeness (QED) is 0.709. The number of amides is 2. The maximum atomic E-state index is 11.9. The molecule has 0 aromatic carbocycles. The summed E-state index contributed by atoms with van der Waals surface area (Å²) in [4.78, 5) is 27.2. The monoisotopic (exact) mass is 271 g/mol. The third-order valence-corrected chi connectivity index (χ3v) is 3.52. The van der Waals surface area contributed by atoms with Gasteiger partial charge in [-0.2, -0.15) is 0 Å². The zero-order valence-electron chi connectivity index (χ0n) is 11.0. The smallest absolute Gasteiger partial charge is 0.241 e. The van der Waals surface area contributed by atoms with Gasteiger partial charge in [-0.05, 0) is 5.92 Å². The van der Waals surface area contributed by atoms with Crippen LogP contribution in [0.3, 0.4) is 0 Å². The first kappa shape index (κ1) is 14.9. The summed E-state index contributed by atoms with van der Waals surface area (Å²) < 4.78 is 0. The number of thiocarbonyl (C=S) groups is 1. The average Bonchev–Trinajstić information content (AvgIpc) is 2.67. The molecule has 0 aromatic rings. The van der Waals surface area contributed by atoms with Gasteiger partial charge in [0.2, 0.25) is 11.8 Å². The lowest BCUT2D eigenvalue weighted by Crippen LogP contribution is -2.40. The summed E-state index contributed by atoms with van der Waals surface area (Å²) in [5, 5.41) is 0. The number of nitrogens with two attached hydrogens (primary N) is 1. The second-order valence-electron chi connectivity index (χ2n) is 4.78. The van der Waals surface area contributed by atoms with E-state index in [0.29, 0.717) is 36.8 Å². The standard InChI is InChI=1S/C12H21N3O2S/c1-3-9-6-11(16)15(7-9)8-12(17)14(2)5-4-10(13)18/h9H,3-8H2,1-2H3,(H2,13,18). The summed E-state index contributed by atoms with van der Waals surface area (Å²) in [7, 11) is 1.71. The number of hydrogen-bond acceptors (Lipinski definition) is 3. The highest BCUT2D eigenvalue weighted by Crippen LogP contribution is 2.20. The minimum Gasteiger partial charge on any atom is -0.393 e. The zero-order chi connectivity index (χ0) is 13.7. The van der Waals surface area contributed by atoms with E-state index in [1.807, 2.05) is 0 Å². The molecular formula is C12H21N3O2S. The van der Waals surface area contributed by atoms with Gasteiger partial charge in [0.25, 0.3) is 0 Å². The van der Waals surface area contributed by atoms with Gasteiger partial charge in [0.1, 0.15) is 0 Å². The van der Waals surface area contributed by atoms with Gasteiger partial charge >= 0.3 is 0 Å². The molecule has 6 heteroatoms. The summed E-state index contributed by atoms with van der Waals surface area (Å²) in [6.45, 7) is 3.44. The SMILES string of the molecule is CCC1CC(=O)N(CC(=O)N(C)CCC(N)=S)C1. The number of rotatable bonds is 6. The number of hydrogen-bond donors (Lipinski definition) is 1. The molecule has 18 heavy (non-hydrogen) atoms. The van der Waals surface area contributed by atoms with Gasteiger partial charge in [0, 0.05) is 33.0 Å². The van der Waals surface area contributed by atoms with Crippen molar-refractivity contribution in [3.8, 4) is 0 Å². The van der Waals surface area contributed by atoms with Gasteiger partial charge < -0.3 is 15.5 Å². The van der Waals surface area contributed by atoms with Crippen molar-refractivity contribution in [2.75, 3.05) is 26.7 Å². The molecule has 1 aliphatic heterocycles. The average molecular weight is 271 g/mol. The number of nitrogens with zero attached hydrogens (tertiary/aromatic N) is 2. The Morgan fingerprint density at radius 2 is 2.28 bits per heavy atom. The molecular weight excluding hydrogens is 250 g/mol. The van der Waals surface area contributed by atoms with Crippen molar-refractivity contribution in [1.29, 1.82) is 0 Å². The topological polar surface area (TPSA) is 66.6 Å². The highest BCUT2D eigenvalue weighted by Gasteiger charge is 2.30. The van der Waals surface area contributed by atoms with E-state index in [1.54, 1.807) is 16.8 Å². The molecule has 0 spiro atoms. The fraction of sp³-hybridized carbons (Fsp3) is 0.750. The Bertz CT molecular complexity index is 346. The van der Waals surface area contributed by atoms with Crippen molar-refractivity contribution in [1.82, 2.24) is 9.80 Å². The van der Waals surface area contributed by atoms with Crippen molar-refractivity contribution in [2.24, 2.45) is 11.7 Å². The van der Waals surface area contributed by atoms with Gasteiger partial charge in [-0.25, -0.2) is 0 Å². The van der Waals surface area contributed by atoms with E-state index < -0.39 is 0 Å². The van der Waals surface area contributed by atoms with E-state index in [-0.39, 0.29) is 18.4 Å². The van der Waals surface area contributed by atoms with Crippen LogP contribution in [0.1, 0.15) is 26.2 Å². The van der Waals surface area contributed by atoms with E-state index in [2.05, 4.69) is 6.92 Å². The van der Waals surface area contributed by atoms with Crippen LogP contribution in [0.15, 0.2) is 0 Å². The van der Waals surface area contributed by atoms with Gasteiger partial charge in [0.05, 0.1) is 11.5 Å². The molecule has 5 nitrogen and oxygen atoms in total. The van der Waals surface area contributed by atoms with Crippen LogP contribution in [0.25, 0.3) is 0 Å². The van der Waals surface area contributed by atoms with Crippen LogP contribution in [0, 0.1) is 5.92 Å². The van der Waals surface area contributed by atoms with Crippen LogP contribution in [0.4, 0.5) is 0 Å². The molecule has 0 bridgehead atoms. The Hall–Kier alpha value is -1.17. The molecule has 1 fully saturated rings. The molecule has 1 saturated heterocycles. The molecule has 0 radical (unpaired) electrons. The second kappa shape index (κ2) is 6.68. The molecule has 0 saturated carbocycles. The number of likely N-dealkylation sites (N-methyl/N-ethyl adjacent to an activating group) is 1. The molecule has 1 atom stereocenters. The van der Waals surface area contributed by atoms with Crippen LogP contribution in [0.2, 0.25) is 0 Å². The normalized spacial score (nSPS) is 19.1. The predicted molar refractivity (Wildman–Crippen MR) is 74.0 cm³/mol. The number of carbonyl (C=O) groups excluding carboxylic acids is 2. The van der Waals surface area contributed by atoms with Crippen LogP contribution in [-0.4, -0.2) is 53.3 Å². The van der Waals surface area contributed by atoms with Crippen LogP contribution >= 0.6 is 12.2 Å². The summed E-state index contributed by atoms with van der Waals surface area (Å²) in [6, 6.07) is 0. The first-order valence-corrected chi connectivity index (χ1v) is 6.64. The first-order valence-electron chi connectivity index (χ1n) is 6.24. The summed E-state index contributed by atoms with van der Waals surface area (Å²) in [6.07, 6.45) is 2.07. The lowest BCUT2D eigenvalue weighted by atomic mass is 10.1. The minimum absolute atomic E-state index is 0.0589. The summed E-state index contributed by atoms with van der Waals surface area (Å²) in [5.41, 5.74) is 5.39. The summed E-state index contributed by atoms with van der Waals surface area (Å²) >= 11 is 4.77. The summed E-state index contributed by atoms with van der Waals surface area (Å²) in [5.74, 6) is 0.418. The molecule has 2 N–H and O–H groups in total. The largest absolute Gasteiger partial charge is 0.393 e. The maximum absolute atomic E-state index is 11.9. The van der Waals surface area contributed by atoms with E-state index in [1.165, 1.54) is 0 Å². The molecule has 2 amide bonds. The maximum Gasteiger partial charge on any atom is 0.241 e.